The third-order valence-corrected chi connectivity index (χ3v) is 3.45. The zero-order valence-corrected chi connectivity index (χ0v) is 14.4. The maximum Gasteiger partial charge on any atom is 0.0441 e. The number of hydrogen-bond donors (Lipinski definition) is 1. The van der Waals surface area contributed by atoms with E-state index >= 15 is 0 Å². The summed E-state index contributed by atoms with van der Waals surface area (Å²) in [4.78, 5) is 1.85. The third-order valence-electron chi connectivity index (χ3n) is 3.14. The van der Waals surface area contributed by atoms with E-state index in [1.165, 1.54) is 22.4 Å². The van der Waals surface area contributed by atoms with Crippen LogP contribution in [0.4, 0.5) is 5.69 Å². The molecule has 0 spiro atoms. The zero-order chi connectivity index (χ0) is 14.6. The van der Waals surface area contributed by atoms with Crippen LogP contribution >= 0.6 is 15.9 Å². The average molecular weight is 322 g/mol. The van der Waals surface area contributed by atoms with Crippen LogP contribution in [0.5, 0.6) is 0 Å². The van der Waals surface area contributed by atoms with Gasteiger partial charge >= 0.3 is 0 Å². The van der Waals surface area contributed by atoms with Gasteiger partial charge in [0.1, 0.15) is 0 Å². The molecule has 19 heavy (non-hydrogen) atoms. The van der Waals surface area contributed by atoms with Gasteiger partial charge in [-0.25, -0.2) is 0 Å². The summed E-state index contributed by atoms with van der Waals surface area (Å²) in [6.45, 7) is 13.2. The molecule has 0 fully saturated rings. The summed E-state index contributed by atoms with van der Waals surface area (Å²) in [7, 11) is 0. The van der Waals surface area contributed by atoms with Gasteiger partial charge in [-0.2, -0.15) is 0 Å². The number of aryl methyl sites for hydroxylation is 2. The second-order valence-electron chi connectivity index (χ2n) is 6.03. The fraction of sp³-hybridized carbons (Fsp3) is 0.412. The first-order chi connectivity index (χ1) is 8.75. The van der Waals surface area contributed by atoms with E-state index in [1.54, 1.807) is 0 Å². The number of halogens is 1. The standard InChI is InChI=1S/C17H24BrN/c1-12-10-15(17(4,5)6)11-13(2)16(12)19-14(3)8-7-9-18/h7-11,19H,1-6H3/b9-7+,14-8+. The van der Waals surface area contributed by atoms with Gasteiger partial charge in [0.15, 0.2) is 0 Å². The van der Waals surface area contributed by atoms with Crippen LogP contribution in [0, 0.1) is 13.8 Å². The Kier molecular flexibility index (Phi) is 5.42. The lowest BCUT2D eigenvalue weighted by molar-refractivity contribution is 0.589. The first kappa shape index (κ1) is 16.0. The molecule has 0 unspecified atom stereocenters. The van der Waals surface area contributed by atoms with Gasteiger partial charge in [-0.1, -0.05) is 54.9 Å². The smallest absolute Gasteiger partial charge is 0.0441 e. The molecule has 1 aromatic rings. The largest absolute Gasteiger partial charge is 0.359 e. The molecule has 0 bridgehead atoms. The molecule has 0 aromatic heterocycles. The highest BCUT2D eigenvalue weighted by Gasteiger charge is 2.16. The summed E-state index contributed by atoms with van der Waals surface area (Å²) < 4.78 is 0. The molecular formula is C17H24BrN. The Hall–Kier alpha value is -1.02. The van der Waals surface area contributed by atoms with Gasteiger partial charge in [0.05, 0.1) is 0 Å². The van der Waals surface area contributed by atoms with Crippen LogP contribution in [0.1, 0.15) is 44.4 Å². The molecule has 104 valence electrons. The molecular weight excluding hydrogens is 298 g/mol. The summed E-state index contributed by atoms with van der Waals surface area (Å²) in [5.74, 6) is 0. The highest BCUT2D eigenvalue weighted by molar-refractivity contribution is 9.11. The molecule has 1 nitrogen and oxygen atoms in total. The van der Waals surface area contributed by atoms with E-state index in [0.717, 1.165) is 5.70 Å². The molecule has 0 atom stereocenters. The number of benzene rings is 1. The minimum absolute atomic E-state index is 0.192. The van der Waals surface area contributed by atoms with Gasteiger partial charge in [-0.05, 0) is 53.9 Å². The van der Waals surface area contributed by atoms with Gasteiger partial charge in [0.2, 0.25) is 0 Å². The number of nitrogens with one attached hydrogen (secondary N) is 1. The molecule has 0 saturated carbocycles. The van der Waals surface area contributed by atoms with Crippen molar-refractivity contribution in [1.29, 1.82) is 0 Å². The van der Waals surface area contributed by atoms with E-state index < -0.39 is 0 Å². The molecule has 1 aromatic carbocycles. The number of allylic oxidation sites excluding steroid dienone is 3. The van der Waals surface area contributed by atoms with E-state index in [-0.39, 0.29) is 5.41 Å². The number of rotatable bonds is 3. The summed E-state index contributed by atoms with van der Waals surface area (Å²) in [6.07, 6.45) is 4.02. The van der Waals surface area contributed by atoms with Gasteiger partial charge in [0, 0.05) is 11.4 Å². The molecule has 0 radical (unpaired) electrons. The highest BCUT2D eigenvalue weighted by Crippen LogP contribution is 2.30. The summed E-state index contributed by atoms with van der Waals surface area (Å²) in [6, 6.07) is 4.56. The van der Waals surface area contributed by atoms with Gasteiger partial charge in [-0.3, -0.25) is 0 Å². The minimum Gasteiger partial charge on any atom is -0.359 e. The second kappa shape index (κ2) is 6.42. The highest BCUT2D eigenvalue weighted by atomic mass is 79.9. The molecule has 0 saturated heterocycles. The molecule has 2 heteroatoms. The number of hydrogen-bond acceptors (Lipinski definition) is 1. The van der Waals surface area contributed by atoms with E-state index in [0.29, 0.717) is 0 Å². The molecule has 0 aliphatic heterocycles. The number of anilines is 1. The van der Waals surface area contributed by atoms with Gasteiger partial charge in [0.25, 0.3) is 0 Å². The maximum atomic E-state index is 3.48. The summed E-state index contributed by atoms with van der Waals surface area (Å²) in [5.41, 5.74) is 6.50. The summed E-state index contributed by atoms with van der Waals surface area (Å²) in [5, 5.41) is 3.48. The Morgan fingerprint density at radius 2 is 1.68 bits per heavy atom. The van der Waals surface area contributed by atoms with Crippen molar-refractivity contribution >= 4 is 21.6 Å². The van der Waals surface area contributed by atoms with Crippen molar-refractivity contribution in [3.63, 3.8) is 0 Å². The van der Waals surface area contributed by atoms with Crippen molar-refractivity contribution in [1.82, 2.24) is 0 Å². The van der Waals surface area contributed by atoms with Crippen LogP contribution in [0.2, 0.25) is 0 Å². The van der Waals surface area contributed by atoms with Crippen molar-refractivity contribution < 1.29 is 0 Å². The summed E-state index contributed by atoms with van der Waals surface area (Å²) >= 11 is 3.27. The van der Waals surface area contributed by atoms with Gasteiger partial charge in [-0.15, -0.1) is 0 Å². The van der Waals surface area contributed by atoms with E-state index in [1.807, 2.05) is 17.1 Å². The van der Waals surface area contributed by atoms with Crippen LogP contribution in [-0.2, 0) is 5.41 Å². The zero-order valence-electron chi connectivity index (χ0n) is 12.8. The van der Waals surface area contributed by atoms with Crippen molar-refractivity contribution in [2.24, 2.45) is 0 Å². The first-order valence-electron chi connectivity index (χ1n) is 6.58. The Morgan fingerprint density at radius 3 is 2.11 bits per heavy atom. The second-order valence-corrected chi connectivity index (χ2v) is 6.56. The SMILES string of the molecule is C/C(=C\C=C\Br)Nc1c(C)cc(C(C)(C)C)cc1C. The van der Waals surface area contributed by atoms with Crippen LogP contribution in [0.25, 0.3) is 0 Å². The Morgan fingerprint density at radius 1 is 1.16 bits per heavy atom. The van der Waals surface area contributed by atoms with Crippen molar-refractivity contribution in [3.8, 4) is 0 Å². The molecule has 0 aliphatic rings. The lowest BCUT2D eigenvalue weighted by atomic mass is 9.85. The van der Waals surface area contributed by atoms with E-state index in [9.17, 15) is 0 Å². The topological polar surface area (TPSA) is 12.0 Å². The predicted octanol–water partition coefficient (Wildman–Crippen LogP) is 5.83. The Bertz CT molecular complexity index is 481. The van der Waals surface area contributed by atoms with Crippen LogP contribution in [0.15, 0.2) is 35.0 Å². The fourth-order valence-electron chi connectivity index (χ4n) is 2.01. The molecule has 0 amide bonds. The Labute approximate surface area is 125 Å². The van der Waals surface area contributed by atoms with E-state index in [4.69, 9.17) is 0 Å². The lowest BCUT2D eigenvalue weighted by Gasteiger charge is -2.23. The van der Waals surface area contributed by atoms with E-state index in [2.05, 4.69) is 74.9 Å². The third kappa shape index (κ3) is 4.54. The first-order valence-corrected chi connectivity index (χ1v) is 7.49. The van der Waals surface area contributed by atoms with Gasteiger partial charge < -0.3 is 5.32 Å². The van der Waals surface area contributed by atoms with Crippen LogP contribution in [0.3, 0.4) is 0 Å². The van der Waals surface area contributed by atoms with Crippen molar-refractivity contribution in [2.75, 3.05) is 5.32 Å². The van der Waals surface area contributed by atoms with Crippen LogP contribution < -0.4 is 5.32 Å². The maximum absolute atomic E-state index is 3.48. The average Bonchev–Trinajstić information content (AvgIpc) is 2.29. The quantitative estimate of drug-likeness (QED) is 0.691. The fourth-order valence-corrected chi connectivity index (χ4v) is 2.17. The molecule has 1 rings (SSSR count). The predicted molar refractivity (Wildman–Crippen MR) is 90.1 cm³/mol. The molecule has 0 heterocycles. The van der Waals surface area contributed by atoms with Crippen molar-refractivity contribution in [2.45, 2.75) is 47.0 Å². The normalized spacial score (nSPS) is 13.1. The van der Waals surface area contributed by atoms with Crippen LogP contribution in [-0.4, -0.2) is 0 Å². The monoisotopic (exact) mass is 321 g/mol. The Balaban J connectivity index is 3.11. The lowest BCUT2D eigenvalue weighted by Crippen LogP contribution is -2.12. The van der Waals surface area contributed by atoms with Crippen molar-refractivity contribution in [3.05, 3.63) is 51.7 Å². The molecule has 1 N–H and O–H groups in total. The molecule has 0 aliphatic carbocycles. The minimum atomic E-state index is 0.192.